The third-order valence-corrected chi connectivity index (χ3v) is 6.52. The van der Waals surface area contributed by atoms with E-state index >= 15 is 0 Å². The van der Waals surface area contributed by atoms with Crippen LogP contribution in [0.5, 0.6) is 0 Å². The van der Waals surface area contributed by atoms with Gasteiger partial charge in [-0.3, -0.25) is 0 Å². The molecular formula is C20H36F2NO3+. The van der Waals surface area contributed by atoms with Crippen LogP contribution in [0.2, 0.25) is 0 Å². The molecule has 0 aromatic carbocycles. The number of alkyl halides is 2. The standard InChI is InChI=1S/C14H20F2O3.C6H15N/c1-12(15,16)11(17)19-8-13-3-9-2-10(4-13)6-14(18,5-9)7-13;1-4-7(5-2)6-3/h9-10,18H,2-8H2,1H3;4-6H2,1-3H3/p+1. The first-order valence-corrected chi connectivity index (χ1v) is 10.2. The van der Waals surface area contributed by atoms with E-state index in [4.69, 9.17) is 4.74 Å². The van der Waals surface area contributed by atoms with Crippen molar-refractivity contribution >= 4 is 5.97 Å². The van der Waals surface area contributed by atoms with Gasteiger partial charge in [-0.1, -0.05) is 0 Å². The minimum atomic E-state index is -3.43. The van der Waals surface area contributed by atoms with E-state index in [1.807, 2.05) is 0 Å². The van der Waals surface area contributed by atoms with Crippen LogP contribution in [0.3, 0.4) is 0 Å². The molecule has 2 N–H and O–H groups in total. The minimum Gasteiger partial charge on any atom is -0.461 e. The molecule has 0 heterocycles. The van der Waals surface area contributed by atoms with Gasteiger partial charge in [0.2, 0.25) is 0 Å². The fourth-order valence-corrected chi connectivity index (χ4v) is 5.67. The van der Waals surface area contributed by atoms with Crippen LogP contribution in [-0.2, 0) is 9.53 Å². The van der Waals surface area contributed by atoms with E-state index in [2.05, 4.69) is 20.8 Å². The van der Waals surface area contributed by atoms with Gasteiger partial charge in [-0.15, -0.1) is 0 Å². The Hall–Kier alpha value is -0.750. The normalized spacial score (nSPS) is 35.2. The lowest BCUT2D eigenvalue weighted by Crippen LogP contribution is -3.11. The van der Waals surface area contributed by atoms with E-state index in [1.165, 1.54) is 19.6 Å². The lowest BCUT2D eigenvalue weighted by Gasteiger charge is -2.59. The van der Waals surface area contributed by atoms with Gasteiger partial charge in [-0.25, -0.2) is 4.79 Å². The van der Waals surface area contributed by atoms with Crippen LogP contribution in [0.25, 0.3) is 0 Å². The molecule has 0 aromatic heterocycles. The fraction of sp³-hybridized carbons (Fsp3) is 0.950. The summed E-state index contributed by atoms with van der Waals surface area (Å²) in [6, 6.07) is 0. The van der Waals surface area contributed by atoms with Gasteiger partial charge in [-0.2, -0.15) is 8.78 Å². The lowest BCUT2D eigenvalue weighted by molar-refractivity contribution is -0.894. The van der Waals surface area contributed by atoms with Gasteiger partial charge < -0.3 is 14.7 Å². The average Bonchev–Trinajstić information content (AvgIpc) is 2.51. The summed E-state index contributed by atoms with van der Waals surface area (Å²) >= 11 is 0. The largest absolute Gasteiger partial charge is 0.461 e. The molecule has 0 amide bonds. The van der Waals surface area contributed by atoms with Crippen molar-refractivity contribution < 1.29 is 28.3 Å². The molecule has 4 aliphatic rings. The highest BCUT2D eigenvalue weighted by Gasteiger charge is 2.57. The maximum atomic E-state index is 12.8. The van der Waals surface area contributed by atoms with Gasteiger partial charge in [-0.05, 0) is 71.1 Å². The molecule has 152 valence electrons. The number of aliphatic hydroxyl groups is 1. The van der Waals surface area contributed by atoms with E-state index in [9.17, 15) is 18.7 Å². The van der Waals surface area contributed by atoms with Crippen LogP contribution in [-0.4, -0.2) is 48.8 Å². The van der Waals surface area contributed by atoms with Crippen LogP contribution in [0.1, 0.15) is 66.2 Å². The first kappa shape index (κ1) is 21.5. The molecule has 4 nitrogen and oxygen atoms in total. The molecule has 4 saturated carbocycles. The summed E-state index contributed by atoms with van der Waals surface area (Å²) in [5.74, 6) is -3.95. The molecular weight excluding hydrogens is 340 g/mol. The van der Waals surface area contributed by atoms with Crippen molar-refractivity contribution in [1.29, 1.82) is 0 Å². The Labute approximate surface area is 156 Å². The smallest absolute Gasteiger partial charge is 0.376 e. The molecule has 6 heteroatoms. The Morgan fingerprint density at radius 2 is 1.62 bits per heavy atom. The summed E-state index contributed by atoms with van der Waals surface area (Å²) in [6.07, 6.45) is 5.16. The second kappa shape index (κ2) is 8.09. The van der Waals surface area contributed by atoms with E-state index in [0.29, 0.717) is 25.2 Å². The van der Waals surface area contributed by atoms with Crippen LogP contribution in [0, 0.1) is 17.3 Å². The second-order valence-corrected chi connectivity index (χ2v) is 8.96. The Morgan fingerprint density at radius 3 is 1.96 bits per heavy atom. The Balaban J connectivity index is 0.000000298. The molecule has 2 unspecified atom stereocenters. The first-order valence-electron chi connectivity index (χ1n) is 10.2. The molecule has 0 saturated heterocycles. The van der Waals surface area contributed by atoms with Gasteiger partial charge in [0.05, 0.1) is 31.8 Å². The monoisotopic (exact) mass is 376 g/mol. The van der Waals surface area contributed by atoms with E-state index in [0.717, 1.165) is 32.1 Å². The van der Waals surface area contributed by atoms with Crippen molar-refractivity contribution in [3.63, 3.8) is 0 Å². The summed E-state index contributed by atoms with van der Waals surface area (Å²) in [5.41, 5.74) is -0.912. The number of carbonyl (C=O) groups excluding carboxylic acids is 1. The third-order valence-electron chi connectivity index (χ3n) is 6.52. The molecule has 4 aliphatic carbocycles. The van der Waals surface area contributed by atoms with Crippen molar-refractivity contribution in [2.24, 2.45) is 17.3 Å². The zero-order valence-corrected chi connectivity index (χ0v) is 16.7. The van der Waals surface area contributed by atoms with Gasteiger partial charge >= 0.3 is 11.9 Å². The predicted molar refractivity (Wildman–Crippen MR) is 96.2 cm³/mol. The number of rotatable bonds is 6. The molecule has 4 bridgehead atoms. The SMILES string of the molecule is CC(F)(F)C(=O)OCC12CC3CC(CC(O)(C3)C1)C2.CC[NH+](CC)CC. The van der Waals surface area contributed by atoms with Crippen molar-refractivity contribution in [3.05, 3.63) is 0 Å². The molecule has 0 aliphatic heterocycles. The second-order valence-electron chi connectivity index (χ2n) is 8.96. The van der Waals surface area contributed by atoms with Gasteiger partial charge in [0.15, 0.2) is 0 Å². The van der Waals surface area contributed by atoms with Crippen LogP contribution in [0.4, 0.5) is 8.78 Å². The number of esters is 1. The average molecular weight is 377 g/mol. The molecule has 26 heavy (non-hydrogen) atoms. The Morgan fingerprint density at radius 1 is 1.12 bits per heavy atom. The third kappa shape index (κ3) is 5.16. The van der Waals surface area contributed by atoms with Crippen molar-refractivity contribution in [2.45, 2.75) is 77.7 Å². The highest BCUT2D eigenvalue weighted by atomic mass is 19.3. The molecule has 0 radical (unpaired) electrons. The van der Waals surface area contributed by atoms with Gasteiger partial charge in [0, 0.05) is 12.3 Å². The Bertz CT molecular complexity index is 468. The van der Waals surface area contributed by atoms with E-state index < -0.39 is 17.5 Å². The summed E-state index contributed by atoms with van der Waals surface area (Å²) in [5, 5.41) is 10.5. The fourth-order valence-electron chi connectivity index (χ4n) is 5.67. The number of carbonyl (C=O) groups is 1. The number of quaternary nitrogens is 1. The number of hydrogen-bond donors (Lipinski definition) is 2. The van der Waals surface area contributed by atoms with Crippen molar-refractivity contribution in [1.82, 2.24) is 0 Å². The summed E-state index contributed by atoms with van der Waals surface area (Å²) in [6.45, 7) is 11.1. The van der Waals surface area contributed by atoms with Crippen molar-refractivity contribution in [2.75, 3.05) is 26.2 Å². The first-order chi connectivity index (χ1) is 12.0. The van der Waals surface area contributed by atoms with Crippen molar-refractivity contribution in [3.8, 4) is 0 Å². The minimum absolute atomic E-state index is 0.0323. The van der Waals surface area contributed by atoms with Crippen LogP contribution >= 0.6 is 0 Å². The number of nitrogens with one attached hydrogen (secondary N) is 1. The maximum absolute atomic E-state index is 12.8. The lowest BCUT2D eigenvalue weighted by atomic mass is 9.48. The summed E-state index contributed by atoms with van der Waals surface area (Å²) < 4.78 is 30.5. The molecule has 4 fully saturated rings. The zero-order chi connectivity index (χ0) is 19.6. The highest BCUT2D eigenvalue weighted by molar-refractivity contribution is 5.76. The zero-order valence-electron chi connectivity index (χ0n) is 16.7. The van der Waals surface area contributed by atoms with E-state index in [1.54, 1.807) is 4.90 Å². The summed E-state index contributed by atoms with van der Waals surface area (Å²) in [4.78, 5) is 12.9. The van der Waals surface area contributed by atoms with Gasteiger partial charge in [0.1, 0.15) is 0 Å². The predicted octanol–water partition coefficient (Wildman–Crippen LogP) is 2.45. The molecule has 0 spiro atoms. The highest BCUT2D eigenvalue weighted by Crippen LogP contribution is 2.61. The Kier molecular flexibility index (Phi) is 6.71. The topological polar surface area (TPSA) is 51.0 Å². The number of hydrogen-bond acceptors (Lipinski definition) is 3. The van der Waals surface area contributed by atoms with E-state index in [-0.39, 0.29) is 12.0 Å². The van der Waals surface area contributed by atoms with Gasteiger partial charge in [0.25, 0.3) is 0 Å². The molecule has 2 atom stereocenters. The number of halogens is 2. The maximum Gasteiger partial charge on any atom is 0.376 e. The summed E-state index contributed by atoms with van der Waals surface area (Å²) in [7, 11) is 0. The molecule has 4 rings (SSSR count). The quantitative estimate of drug-likeness (QED) is 0.700. The molecule has 0 aromatic rings. The van der Waals surface area contributed by atoms with Crippen LogP contribution in [0.15, 0.2) is 0 Å². The van der Waals surface area contributed by atoms with Crippen LogP contribution < -0.4 is 4.90 Å². The number of ether oxygens (including phenoxy) is 1.